The van der Waals surface area contributed by atoms with Crippen molar-refractivity contribution in [2.24, 2.45) is 5.92 Å². The number of ether oxygens (including phenoxy) is 8. The van der Waals surface area contributed by atoms with E-state index in [-0.39, 0.29) is 25.7 Å². The van der Waals surface area contributed by atoms with E-state index >= 15 is 0 Å². The Kier molecular flexibility index (Phi) is 65.2. The van der Waals surface area contributed by atoms with E-state index in [2.05, 4.69) is 46.8 Å². The number of rotatable bonds is 77. The lowest BCUT2D eigenvalue weighted by Crippen LogP contribution is -2.70. The first-order chi connectivity index (χ1) is 57.1. The van der Waals surface area contributed by atoms with Gasteiger partial charge >= 0.3 is 31.7 Å². The van der Waals surface area contributed by atoms with E-state index in [1.165, 1.54) is 173 Å². The average molecular weight is 1710 g/mol. The van der Waals surface area contributed by atoms with Gasteiger partial charge in [0.05, 0.1) is 13.2 Å². The third-order valence-corrected chi connectivity index (χ3v) is 24.7. The molecule has 26 heteroatoms. The Balaban J connectivity index is 1.91. The normalized spacial score (nSPS) is 25.2. The van der Waals surface area contributed by atoms with Crippen LogP contribution in [0.25, 0.3) is 0 Å². The van der Waals surface area contributed by atoms with Crippen LogP contribution in [0.3, 0.4) is 0 Å². The van der Waals surface area contributed by atoms with Gasteiger partial charge in [-0.25, -0.2) is 4.57 Å². The third kappa shape index (κ3) is 50.4. The molecule has 0 radical (unpaired) electrons. The first-order valence-electron chi connectivity index (χ1n) is 47.8. The smallest absolute Gasteiger partial charge is 0.463 e. The van der Waals surface area contributed by atoms with Crippen molar-refractivity contribution in [2.75, 3.05) is 26.4 Å². The number of phosphoric ester groups is 1. The van der Waals surface area contributed by atoms with Gasteiger partial charge in [-0.15, -0.1) is 0 Å². The average Bonchev–Trinajstić information content (AvgIpc) is 0.754. The van der Waals surface area contributed by atoms with Crippen molar-refractivity contribution in [1.82, 2.24) is 0 Å². The SMILES string of the molecule is CCCCCC/C=C\CCCCCCCCCC(=O)OCC1OC(OC2C(OC(=O)CCCCCCCCCCCCCCC)C(O)C(O)C(OC3OC(CO)C(O)C(O)C3O)C2OP(=O)(O)OCC(COC(=O)CCCCCCCCC(C)CCCCCCCC)OC(=O)CCCCCCCCCCCCCCCCC)C(O)C(O)C1O. The highest BCUT2D eigenvalue weighted by Gasteiger charge is 2.60. The Hall–Kier alpha value is -2.79. The minimum Gasteiger partial charge on any atom is -0.463 e. The lowest BCUT2D eigenvalue weighted by molar-refractivity contribution is -0.360. The fraction of sp³-hybridized carbons (Fsp3) is 0.935. The molecule has 3 aliphatic rings. The molecule has 0 aromatic rings. The number of aliphatic hydroxyl groups is 9. The van der Waals surface area contributed by atoms with Gasteiger partial charge in [0.1, 0.15) is 92.6 Å². The fourth-order valence-corrected chi connectivity index (χ4v) is 16.9. The molecule has 694 valence electrons. The van der Waals surface area contributed by atoms with E-state index in [4.69, 9.17) is 46.9 Å². The van der Waals surface area contributed by atoms with Gasteiger partial charge in [-0.3, -0.25) is 28.2 Å². The summed E-state index contributed by atoms with van der Waals surface area (Å²) in [7, 11) is -5.81. The monoisotopic (exact) mass is 1710 g/mol. The standard InChI is InChI=1S/C92H171O25P/c1-6-10-14-18-22-25-28-31-33-36-38-41-44-51-58-64-76(95)109-70-74-80(99)82(101)86(105)92(113-74)116-89-87(114-78(97)66-60-54-46-43-39-35-30-27-24-20-16-12-8-3)83(102)84(103)88(115-91-85(104)81(100)79(98)73(67-93)112-91)90(89)117-118(106,107)110-69-72(111-77(96)65-59-53-45-42-40-37-34-32-29-26-23-19-15-11-7-2)68-108-75(94)63-57-52-48-47-50-56-62-71(5)61-55-49-21-17-13-9-4/h25,28,71-74,79-93,98-105H,6-24,26-27,29-70H2,1-5H3,(H,106,107)/b28-25-. The van der Waals surface area contributed by atoms with Crippen LogP contribution >= 0.6 is 7.82 Å². The summed E-state index contributed by atoms with van der Waals surface area (Å²) in [6, 6.07) is 0. The third-order valence-electron chi connectivity index (χ3n) is 23.7. The number of hydrogen-bond acceptors (Lipinski definition) is 24. The maximum Gasteiger partial charge on any atom is 0.472 e. The molecular formula is C92H171O25P. The maximum absolute atomic E-state index is 14.9. The molecule has 0 aromatic heterocycles. The highest BCUT2D eigenvalue weighted by atomic mass is 31.2. The van der Waals surface area contributed by atoms with Crippen LogP contribution in [0, 0.1) is 5.92 Å². The molecule has 3 rings (SSSR count). The number of phosphoric acid groups is 1. The molecule has 0 amide bonds. The van der Waals surface area contributed by atoms with Crippen LogP contribution in [-0.4, -0.2) is 205 Å². The van der Waals surface area contributed by atoms with Gasteiger partial charge in [0.2, 0.25) is 0 Å². The quantitative estimate of drug-likeness (QED) is 0.00889. The summed E-state index contributed by atoms with van der Waals surface area (Å²) in [5, 5.41) is 102. The minimum absolute atomic E-state index is 0.0107. The zero-order valence-electron chi connectivity index (χ0n) is 74.1. The summed E-state index contributed by atoms with van der Waals surface area (Å²) in [6.07, 6.45) is 27.7. The van der Waals surface area contributed by atoms with E-state index < -0.39 is 162 Å². The van der Waals surface area contributed by atoms with Crippen LogP contribution < -0.4 is 0 Å². The second-order valence-corrected chi connectivity index (χ2v) is 35.9. The van der Waals surface area contributed by atoms with Crippen LogP contribution in [0.1, 0.15) is 413 Å². The predicted octanol–water partition coefficient (Wildman–Crippen LogP) is 17.8. The molecular weight excluding hydrogens is 1540 g/mol. The molecule has 19 atom stereocenters. The van der Waals surface area contributed by atoms with E-state index in [0.29, 0.717) is 38.0 Å². The Morgan fingerprint density at radius 1 is 0.356 bits per heavy atom. The summed E-state index contributed by atoms with van der Waals surface area (Å²) in [5.41, 5.74) is 0. The van der Waals surface area contributed by atoms with Gasteiger partial charge in [0.25, 0.3) is 0 Å². The van der Waals surface area contributed by atoms with E-state index in [1.807, 2.05) is 0 Å². The number of carbonyl (C=O) groups excluding carboxylic acids is 4. The van der Waals surface area contributed by atoms with Crippen molar-refractivity contribution in [3.05, 3.63) is 12.2 Å². The van der Waals surface area contributed by atoms with E-state index in [9.17, 15) is 74.6 Å². The van der Waals surface area contributed by atoms with Crippen molar-refractivity contribution in [3.63, 3.8) is 0 Å². The zero-order chi connectivity index (χ0) is 86.2. The molecule has 1 saturated carbocycles. The summed E-state index contributed by atoms with van der Waals surface area (Å²) < 4.78 is 73.5. The van der Waals surface area contributed by atoms with Gasteiger partial charge in [0.15, 0.2) is 24.8 Å². The maximum atomic E-state index is 14.9. The molecule has 2 heterocycles. The first-order valence-corrected chi connectivity index (χ1v) is 49.3. The van der Waals surface area contributed by atoms with Gasteiger partial charge in [-0.1, -0.05) is 349 Å². The number of unbranched alkanes of at least 4 members (excludes halogenated alkanes) is 47. The largest absolute Gasteiger partial charge is 0.472 e. The second-order valence-electron chi connectivity index (χ2n) is 34.5. The predicted molar refractivity (Wildman–Crippen MR) is 458 cm³/mol. The molecule has 19 unspecified atom stereocenters. The molecule has 3 fully saturated rings. The van der Waals surface area contributed by atoms with Crippen LogP contribution in [-0.2, 0) is 70.7 Å². The zero-order valence-corrected chi connectivity index (χ0v) is 75.0. The van der Waals surface area contributed by atoms with Crippen LogP contribution in [0.15, 0.2) is 12.2 Å². The Morgan fingerprint density at radius 3 is 1.10 bits per heavy atom. The molecule has 25 nitrogen and oxygen atoms in total. The molecule has 2 saturated heterocycles. The Bertz CT molecular complexity index is 2520. The molecule has 2 aliphatic heterocycles. The number of carbonyl (C=O) groups is 4. The minimum atomic E-state index is -5.81. The highest BCUT2D eigenvalue weighted by Crippen LogP contribution is 2.49. The Morgan fingerprint density at radius 2 is 0.686 bits per heavy atom. The molecule has 0 bridgehead atoms. The lowest BCUT2D eigenvalue weighted by Gasteiger charge is -2.50. The van der Waals surface area contributed by atoms with Crippen LogP contribution in [0.5, 0.6) is 0 Å². The molecule has 10 N–H and O–H groups in total. The Labute approximate surface area is 712 Å². The molecule has 118 heavy (non-hydrogen) atoms. The van der Waals surface area contributed by atoms with Crippen LogP contribution in [0.2, 0.25) is 0 Å². The van der Waals surface area contributed by atoms with E-state index in [1.54, 1.807) is 0 Å². The number of hydrogen-bond donors (Lipinski definition) is 10. The molecule has 0 aromatic carbocycles. The second kappa shape index (κ2) is 70.4. The van der Waals surface area contributed by atoms with Crippen molar-refractivity contribution >= 4 is 31.7 Å². The summed E-state index contributed by atoms with van der Waals surface area (Å²) in [5.74, 6) is -2.27. The van der Waals surface area contributed by atoms with Crippen LogP contribution in [0.4, 0.5) is 0 Å². The van der Waals surface area contributed by atoms with Crippen molar-refractivity contribution in [2.45, 2.75) is 518 Å². The molecule has 1 aliphatic carbocycles. The summed E-state index contributed by atoms with van der Waals surface area (Å²) >= 11 is 0. The van der Waals surface area contributed by atoms with Crippen molar-refractivity contribution < 1.29 is 122 Å². The molecule has 0 spiro atoms. The van der Waals surface area contributed by atoms with Gasteiger partial charge in [-0.05, 0) is 57.3 Å². The van der Waals surface area contributed by atoms with Crippen molar-refractivity contribution in [3.8, 4) is 0 Å². The number of esters is 4. The summed E-state index contributed by atoms with van der Waals surface area (Å²) in [4.78, 5) is 66.5. The fourth-order valence-electron chi connectivity index (χ4n) is 16.0. The number of aliphatic hydroxyl groups excluding tert-OH is 9. The topological polar surface area (TPSA) is 380 Å². The van der Waals surface area contributed by atoms with Crippen molar-refractivity contribution in [1.29, 1.82) is 0 Å². The number of allylic oxidation sites excluding steroid dienone is 2. The van der Waals surface area contributed by atoms with Gasteiger partial charge < -0.3 is 88.7 Å². The lowest BCUT2D eigenvalue weighted by atomic mass is 9.84. The van der Waals surface area contributed by atoms with E-state index in [0.717, 1.165) is 148 Å². The summed E-state index contributed by atoms with van der Waals surface area (Å²) in [6.45, 7) is 7.94. The first kappa shape index (κ1) is 109. The highest BCUT2D eigenvalue weighted by molar-refractivity contribution is 7.47. The van der Waals surface area contributed by atoms with Gasteiger partial charge in [-0.2, -0.15) is 0 Å². The van der Waals surface area contributed by atoms with Gasteiger partial charge in [0, 0.05) is 25.7 Å².